The lowest BCUT2D eigenvalue weighted by Gasteiger charge is -2.25. The van der Waals surface area contributed by atoms with Crippen molar-refractivity contribution in [1.29, 1.82) is 0 Å². The monoisotopic (exact) mass is 296 g/mol. The van der Waals surface area contributed by atoms with Crippen molar-refractivity contribution in [3.63, 3.8) is 0 Å². The number of fused-ring (bicyclic) bond motifs is 1. The van der Waals surface area contributed by atoms with E-state index < -0.39 is 0 Å². The minimum absolute atomic E-state index is 0.0407. The minimum Gasteiger partial charge on any atom is -0.441 e. The van der Waals surface area contributed by atoms with Crippen molar-refractivity contribution in [3.05, 3.63) is 28.6 Å². The van der Waals surface area contributed by atoms with Crippen molar-refractivity contribution in [2.45, 2.75) is 33.2 Å². The van der Waals surface area contributed by atoms with E-state index in [4.69, 9.17) is 10.2 Å². The Morgan fingerprint density at radius 3 is 2.76 bits per heavy atom. The van der Waals surface area contributed by atoms with Gasteiger partial charge in [0.1, 0.15) is 5.52 Å². The fraction of sp³-hybridized carbons (Fsp3) is 0.462. The van der Waals surface area contributed by atoms with Gasteiger partial charge in [0.05, 0.1) is 0 Å². The van der Waals surface area contributed by atoms with E-state index in [-0.39, 0.29) is 11.5 Å². The van der Waals surface area contributed by atoms with Gasteiger partial charge in [0.2, 0.25) is 0 Å². The SMILES string of the molecule is CC(C)(C)C(N)Cc1nc2cc(Br)ccc2o1. The predicted octanol–water partition coefficient (Wildman–Crippen LogP) is 3.51. The normalized spacial score (nSPS) is 14.2. The Hall–Kier alpha value is -0.870. The Labute approximate surface area is 110 Å². The van der Waals surface area contributed by atoms with Gasteiger partial charge in [-0.1, -0.05) is 36.7 Å². The maximum atomic E-state index is 6.13. The zero-order valence-electron chi connectivity index (χ0n) is 10.3. The summed E-state index contributed by atoms with van der Waals surface area (Å²) in [6, 6.07) is 5.85. The molecule has 17 heavy (non-hydrogen) atoms. The number of halogens is 1. The molecule has 0 saturated carbocycles. The van der Waals surface area contributed by atoms with Gasteiger partial charge in [-0.3, -0.25) is 0 Å². The number of hydrogen-bond acceptors (Lipinski definition) is 3. The lowest BCUT2D eigenvalue weighted by Crippen LogP contribution is -2.36. The molecule has 2 rings (SSSR count). The van der Waals surface area contributed by atoms with Crippen molar-refractivity contribution < 1.29 is 4.42 Å². The Kier molecular flexibility index (Phi) is 3.27. The summed E-state index contributed by atoms with van der Waals surface area (Å²) < 4.78 is 6.68. The first-order valence-corrected chi connectivity index (χ1v) is 6.46. The maximum absolute atomic E-state index is 6.13. The lowest BCUT2D eigenvalue weighted by atomic mass is 9.85. The maximum Gasteiger partial charge on any atom is 0.197 e. The number of nitrogens with zero attached hydrogens (tertiary/aromatic N) is 1. The van der Waals surface area contributed by atoms with Crippen LogP contribution in [0.3, 0.4) is 0 Å². The standard InChI is InChI=1S/C13H17BrN2O/c1-13(2,3)11(15)7-12-16-9-6-8(14)4-5-10(9)17-12/h4-6,11H,7,15H2,1-3H3. The largest absolute Gasteiger partial charge is 0.441 e. The zero-order chi connectivity index (χ0) is 12.6. The molecule has 4 heteroatoms. The first-order valence-electron chi connectivity index (χ1n) is 5.67. The molecular formula is C13H17BrN2O. The summed E-state index contributed by atoms with van der Waals surface area (Å²) in [6.45, 7) is 6.37. The van der Waals surface area contributed by atoms with Crippen molar-refractivity contribution in [2.24, 2.45) is 11.1 Å². The Bertz CT molecular complexity index is 528. The van der Waals surface area contributed by atoms with Crippen molar-refractivity contribution in [1.82, 2.24) is 4.98 Å². The predicted molar refractivity (Wildman–Crippen MR) is 72.8 cm³/mol. The van der Waals surface area contributed by atoms with Crippen LogP contribution in [0.15, 0.2) is 27.1 Å². The second-order valence-electron chi connectivity index (χ2n) is 5.40. The van der Waals surface area contributed by atoms with E-state index in [9.17, 15) is 0 Å². The molecule has 0 aliphatic rings. The summed E-state index contributed by atoms with van der Waals surface area (Å²) in [5.74, 6) is 0.709. The molecule has 2 N–H and O–H groups in total. The molecule has 0 aliphatic carbocycles. The quantitative estimate of drug-likeness (QED) is 0.923. The third-order valence-electron chi connectivity index (χ3n) is 2.90. The third-order valence-corrected chi connectivity index (χ3v) is 3.39. The van der Waals surface area contributed by atoms with Crippen LogP contribution in [-0.4, -0.2) is 11.0 Å². The molecule has 92 valence electrons. The van der Waals surface area contributed by atoms with Crippen LogP contribution >= 0.6 is 15.9 Å². The van der Waals surface area contributed by atoms with Crippen LogP contribution in [0, 0.1) is 5.41 Å². The van der Waals surface area contributed by atoms with E-state index in [0.29, 0.717) is 12.3 Å². The molecule has 0 saturated heterocycles. The molecule has 3 nitrogen and oxygen atoms in total. The molecule has 1 aromatic heterocycles. The summed E-state index contributed by atoms with van der Waals surface area (Å²) in [5, 5.41) is 0. The Morgan fingerprint density at radius 2 is 2.12 bits per heavy atom. The van der Waals surface area contributed by atoms with Crippen LogP contribution in [0.5, 0.6) is 0 Å². The average Bonchev–Trinajstić information content (AvgIpc) is 2.57. The van der Waals surface area contributed by atoms with Gasteiger partial charge in [-0.2, -0.15) is 0 Å². The molecular weight excluding hydrogens is 280 g/mol. The average molecular weight is 297 g/mol. The molecule has 1 unspecified atom stereocenters. The lowest BCUT2D eigenvalue weighted by molar-refractivity contribution is 0.303. The highest BCUT2D eigenvalue weighted by atomic mass is 79.9. The number of oxazole rings is 1. The second-order valence-corrected chi connectivity index (χ2v) is 6.31. The highest BCUT2D eigenvalue weighted by Crippen LogP contribution is 2.24. The molecule has 0 fully saturated rings. The van der Waals surface area contributed by atoms with Crippen LogP contribution in [0.4, 0.5) is 0 Å². The third kappa shape index (κ3) is 2.87. The van der Waals surface area contributed by atoms with Crippen molar-refractivity contribution >= 4 is 27.0 Å². The second kappa shape index (κ2) is 4.42. The van der Waals surface area contributed by atoms with E-state index in [1.165, 1.54) is 0 Å². The number of benzene rings is 1. The minimum atomic E-state index is 0.0407. The topological polar surface area (TPSA) is 52.0 Å². The molecule has 1 aromatic carbocycles. The Morgan fingerprint density at radius 1 is 1.41 bits per heavy atom. The molecule has 0 radical (unpaired) electrons. The van der Waals surface area contributed by atoms with Gasteiger partial charge in [0, 0.05) is 16.9 Å². The summed E-state index contributed by atoms with van der Waals surface area (Å²) in [4.78, 5) is 4.45. The summed E-state index contributed by atoms with van der Waals surface area (Å²) in [7, 11) is 0. The molecule has 1 atom stereocenters. The van der Waals surface area contributed by atoms with E-state index in [1.807, 2.05) is 18.2 Å². The number of hydrogen-bond donors (Lipinski definition) is 1. The number of rotatable bonds is 2. The van der Waals surface area contributed by atoms with Gasteiger partial charge in [0.15, 0.2) is 11.5 Å². The van der Waals surface area contributed by atoms with Crippen LogP contribution in [0.2, 0.25) is 0 Å². The first-order chi connectivity index (χ1) is 7.86. The van der Waals surface area contributed by atoms with Crippen molar-refractivity contribution in [2.75, 3.05) is 0 Å². The smallest absolute Gasteiger partial charge is 0.197 e. The van der Waals surface area contributed by atoms with E-state index in [1.54, 1.807) is 0 Å². The van der Waals surface area contributed by atoms with Crippen LogP contribution < -0.4 is 5.73 Å². The fourth-order valence-corrected chi connectivity index (χ4v) is 1.88. The van der Waals surface area contributed by atoms with Crippen LogP contribution in [-0.2, 0) is 6.42 Å². The molecule has 0 spiro atoms. The van der Waals surface area contributed by atoms with Gasteiger partial charge < -0.3 is 10.2 Å². The summed E-state index contributed by atoms with van der Waals surface area (Å²) in [6.07, 6.45) is 0.662. The molecule has 0 aliphatic heterocycles. The van der Waals surface area contributed by atoms with Gasteiger partial charge in [-0.15, -0.1) is 0 Å². The molecule has 0 bridgehead atoms. The molecule has 0 amide bonds. The number of nitrogens with two attached hydrogens (primary N) is 1. The van der Waals surface area contributed by atoms with Gasteiger partial charge >= 0.3 is 0 Å². The summed E-state index contributed by atoms with van der Waals surface area (Å²) in [5.41, 5.74) is 7.86. The van der Waals surface area contributed by atoms with E-state index in [2.05, 4.69) is 41.7 Å². The van der Waals surface area contributed by atoms with Gasteiger partial charge in [-0.05, 0) is 23.6 Å². The fourth-order valence-electron chi connectivity index (χ4n) is 1.53. The van der Waals surface area contributed by atoms with E-state index in [0.717, 1.165) is 15.6 Å². The van der Waals surface area contributed by atoms with Gasteiger partial charge in [-0.25, -0.2) is 4.98 Å². The highest BCUT2D eigenvalue weighted by molar-refractivity contribution is 9.10. The van der Waals surface area contributed by atoms with Gasteiger partial charge in [0.25, 0.3) is 0 Å². The zero-order valence-corrected chi connectivity index (χ0v) is 11.9. The summed E-state index contributed by atoms with van der Waals surface area (Å²) >= 11 is 3.42. The molecule has 2 aromatic rings. The van der Waals surface area contributed by atoms with E-state index >= 15 is 0 Å². The highest BCUT2D eigenvalue weighted by Gasteiger charge is 2.22. The first kappa shape index (κ1) is 12.6. The Balaban J connectivity index is 2.25. The van der Waals surface area contributed by atoms with Crippen LogP contribution in [0.1, 0.15) is 26.7 Å². The van der Waals surface area contributed by atoms with Crippen molar-refractivity contribution in [3.8, 4) is 0 Å². The molecule has 1 heterocycles. The van der Waals surface area contributed by atoms with Crippen LogP contribution in [0.25, 0.3) is 11.1 Å². The number of aromatic nitrogens is 1.